The zero-order chi connectivity index (χ0) is 15.6. The van der Waals surface area contributed by atoms with Crippen LogP contribution in [0.1, 0.15) is 44.3 Å². The van der Waals surface area contributed by atoms with Crippen LogP contribution in [0, 0.1) is 0 Å². The van der Waals surface area contributed by atoms with E-state index in [1.54, 1.807) is 18.3 Å². The second-order valence-electron chi connectivity index (χ2n) is 5.71. The molecule has 0 aliphatic carbocycles. The van der Waals surface area contributed by atoms with Gasteiger partial charge in [-0.1, -0.05) is 20.8 Å². The molecule has 0 bridgehead atoms. The van der Waals surface area contributed by atoms with E-state index in [4.69, 9.17) is 0 Å². The molecule has 0 amide bonds. The first-order valence-electron chi connectivity index (χ1n) is 7.33. The maximum atomic E-state index is 12.2. The van der Waals surface area contributed by atoms with E-state index in [0.717, 1.165) is 11.4 Å². The molecule has 2 N–H and O–H groups in total. The highest BCUT2D eigenvalue weighted by Gasteiger charge is 2.13. The Balaban J connectivity index is 2.31. The van der Waals surface area contributed by atoms with Crippen LogP contribution in [0.3, 0.4) is 0 Å². The van der Waals surface area contributed by atoms with E-state index in [-0.39, 0.29) is 5.56 Å². The summed E-state index contributed by atoms with van der Waals surface area (Å²) >= 11 is 1.58. The number of rotatable bonds is 6. The highest BCUT2D eigenvalue weighted by molar-refractivity contribution is 7.18. The van der Waals surface area contributed by atoms with Crippen molar-refractivity contribution in [3.05, 3.63) is 27.1 Å². The van der Waals surface area contributed by atoms with Crippen LogP contribution in [0.4, 0.5) is 0 Å². The molecule has 0 fully saturated rings. The van der Waals surface area contributed by atoms with Gasteiger partial charge in [0.15, 0.2) is 0 Å². The van der Waals surface area contributed by atoms with Crippen LogP contribution >= 0.6 is 11.3 Å². The summed E-state index contributed by atoms with van der Waals surface area (Å²) in [5.41, 5.74) is -0.0775. The molecule has 5 nitrogen and oxygen atoms in total. The molecule has 1 unspecified atom stereocenters. The fourth-order valence-electron chi connectivity index (χ4n) is 2.25. The Kier molecular flexibility index (Phi) is 5.13. The molecule has 0 saturated heterocycles. The third-order valence-corrected chi connectivity index (χ3v) is 4.71. The highest BCUT2D eigenvalue weighted by atomic mass is 32.1. The van der Waals surface area contributed by atoms with Crippen molar-refractivity contribution in [1.82, 2.24) is 14.9 Å². The summed E-state index contributed by atoms with van der Waals surface area (Å²) in [6.07, 6.45) is -0.394. The van der Waals surface area contributed by atoms with Crippen molar-refractivity contribution >= 4 is 21.6 Å². The third-order valence-electron chi connectivity index (χ3n) is 3.38. The standard InChI is InChI=1S/C15H23N3O2S/c1-5-18(7-10(4)19)8-13-16-14(20)11-6-12(9(2)3)21-15(11)17-13/h6,9-10,19H,5,7-8H2,1-4H3,(H,16,17,20). The molecule has 2 rings (SSSR count). The topological polar surface area (TPSA) is 69.2 Å². The van der Waals surface area contributed by atoms with Gasteiger partial charge in [0.05, 0.1) is 18.0 Å². The molecule has 0 saturated carbocycles. The summed E-state index contributed by atoms with van der Waals surface area (Å²) in [6.45, 7) is 9.93. The van der Waals surface area contributed by atoms with Crippen molar-refractivity contribution in [2.24, 2.45) is 0 Å². The first-order valence-corrected chi connectivity index (χ1v) is 8.15. The quantitative estimate of drug-likeness (QED) is 0.859. The van der Waals surface area contributed by atoms with Crippen molar-refractivity contribution in [3.63, 3.8) is 0 Å². The number of likely N-dealkylation sites (N-methyl/N-ethyl adjacent to an activating group) is 1. The molecule has 116 valence electrons. The van der Waals surface area contributed by atoms with Gasteiger partial charge < -0.3 is 10.1 Å². The van der Waals surface area contributed by atoms with Crippen molar-refractivity contribution in [2.45, 2.75) is 46.3 Å². The summed E-state index contributed by atoms with van der Waals surface area (Å²) in [5.74, 6) is 1.06. The van der Waals surface area contributed by atoms with Crippen molar-refractivity contribution < 1.29 is 5.11 Å². The molecule has 0 spiro atoms. The molecule has 0 aliphatic rings. The first kappa shape index (κ1) is 16.1. The van der Waals surface area contributed by atoms with Crippen LogP contribution in [0.25, 0.3) is 10.2 Å². The van der Waals surface area contributed by atoms with Crippen LogP contribution in [0.2, 0.25) is 0 Å². The number of aliphatic hydroxyl groups excluding tert-OH is 1. The van der Waals surface area contributed by atoms with Gasteiger partial charge in [-0.2, -0.15) is 0 Å². The highest BCUT2D eigenvalue weighted by Crippen LogP contribution is 2.27. The lowest BCUT2D eigenvalue weighted by Crippen LogP contribution is -2.31. The maximum Gasteiger partial charge on any atom is 0.259 e. The van der Waals surface area contributed by atoms with E-state index in [2.05, 4.69) is 28.7 Å². The first-order chi connectivity index (χ1) is 9.90. The molecule has 1 atom stereocenters. The van der Waals surface area contributed by atoms with Gasteiger partial charge in [-0.05, 0) is 25.5 Å². The summed E-state index contributed by atoms with van der Waals surface area (Å²) in [7, 11) is 0. The summed E-state index contributed by atoms with van der Waals surface area (Å²) in [4.78, 5) is 23.6. The SMILES string of the molecule is CCN(Cc1nc2sc(C(C)C)cc2c(=O)[nH]1)CC(C)O. The number of fused-ring (bicyclic) bond motifs is 1. The molecule has 0 radical (unpaired) electrons. The Bertz CT molecular complexity index is 660. The number of H-pyrrole nitrogens is 1. The summed E-state index contributed by atoms with van der Waals surface area (Å²) in [6, 6.07) is 1.94. The van der Waals surface area contributed by atoms with E-state index in [0.29, 0.717) is 30.2 Å². The molecule has 2 aromatic rings. The van der Waals surface area contributed by atoms with Crippen molar-refractivity contribution in [2.75, 3.05) is 13.1 Å². The minimum absolute atomic E-state index is 0.0775. The van der Waals surface area contributed by atoms with E-state index < -0.39 is 6.10 Å². The van der Waals surface area contributed by atoms with E-state index in [1.165, 1.54) is 4.88 Å². The van der Waals surface area contributed by atoms with Gasteiger partial charge in [0.25, 0.3) is 5.56 Å². The van der Waals surface area contributed by atoms with Gasteiger partial charge >= 0.3 is 0 Å². The van der Waals surface area contributed by atoms with Crippen LogP contribution in [-0.4, -0.2) is 39.2 Å². The Morgan fingerprint density at radius 1 is 1.43 bits per heavy atom. The molecule has 2 aromatic heterocycles. The number of hydrogen-bond donors (Lipinski definition) is 2. The van der Waals surface area contributed by atoms with Gasteiger partial charge in [-0.25, -0.2) is 4.98 Å². The van der Waals surface area contributed by atoms with Crippen molar-refractivity contribution in [3.8, 4) is 0 Å². The van der Waals surface area contributed by atoms with Crippen LogP contribution in [-0.2, 0) is 6.54 Å². The Labute approximate surface area is 128 Å². The second-order valence-corrected chi connectivity index (χ2v) is 6.77. The monoisotopic (exact) mass is 309 g/mol. The van der Waals surface area contributed by atoms with Gasteiger partial charge in [-0.15, -0.1) is 11.3 Å². The number of aromatic amines is 1. The van der Waals surface area contributed by atoms with Gasteiger partial charge in [0, 0.05) is 11.4 Å². The van der Waals surface area contributed by atoms with Gasteiger partial charge in [0.2, 0.25) is 0 Å². The predicted molar refractivity (Wildman–Crippen MR) is 87.0 cm³/mol. The predicted octanol–water partition coefficient (Wildman–Crippen LogP) is 2.31. The van der Waals surface area contributed by atoms with Gasteiger partial charge in [-0.3, -0.25) is 9.69 Å². The fourth-order valence-corrected chi connectivity index (χ4v) is 3.30. The van der Waals surface area contributed by atoms with Crippen LogP contribution < -0.4 is 5.56 Å². The minimum atomic E-state index is -0.394. The number of nitrogens with one attached hydrogen (secondary N) is 1. The second kappa shape index (κ2) is 6.68. The Hall–Kier alpha value is -1.24. The number of aliphatic hydroxyl groups is 1. The lowest BCUT2D eigenvalue weighted by molar-refractivity contribution is 0.124. The largest absolute Gasteiger partial charge is 0.392 e. The number of hydrogen-bond acceptors (Lipinski definition) is 5. The summed E-state index contributed by atoms with van der Waals surface area (Å²) < 4.78 is 0. The zero-order valence-corrected chi connectivity index (χ0v) is 13.8. The smallest absolute Gasteiger partial charge is 0.259 e. The number of nitrogens with zero attached hydrogens (tertiary/aromatic N) is 2. The minimum Gasteiger partial charge on any atom is -0.392 e. The van der Waals surface area contributed by atoms with Crippen molar-refractivity contribution in [1.29, 1.82) is 0 Å². The number of aromatic nitrogens is 2. The molecule has 21 heavy (non-hydrogen) atoms. The zero-order valence-electron chi connectivity index (χ0n) is 13.0. The molecule has 2 heterocycles. The molecular weight excluding hydrogens is 286 g/mol. The molecule has 0 aliphatic heterocycles. The lowest BCUT2D eigenvalue weighted by atomic mass is 10.2. The third kappa shape index (κ3) is 3.90. The van der Waals surface area contributed by atoms with E-state index in [9.17, 15) is 9.90 Å². The Morgan fingerprint density at radius 2 is 2.14 bits per heavy atom. The Morgan fingerprint density at radius 3 is 2.71 bits per heavy atom. The fraction of sp³-hybridized carbons (Fsp3) is 0.600. The van der Waals surface area contributed by atoms with Crippen LogP contribution in [0.15, 0.2) is 10.9 Å². The molecular formula is C15H23N3O2S. The average Bonchev–Trinajstić information content (AvgIpc) is 2.82. The average molecular weight is 309 g/mol. The van der Waals surface area contributed by atoms with E-state index in [1.807, 2.05) is 13.0 Å². The lowest BCUT2D eigenvalue weighted by Gasteiger charge is -2.20. The summed E-state index contributed by atoms with van der Waals surface area (Å²) in [5, 5.41) is 10.2. The normalized spacial score (nSPS) is 13.5. The molecule has 6 heteroatoms. The molecule has 0 aromatic carbocycles. The van der Waals surface area contributed by atoms with Gasteiger partial charge in [0.1, 0.15) is 10.7 Å². The maximum absolute atomic E-state index is 12.2. The van der Waals surface area contributed by atoms with Crippen LogP contribution in [0.5, 0.6) is 0 Å². The number of thiophene rings is 1. The van der Waals surface area contributed by atoms with E-state index >= 15 is 0 Å².